The maximum Gasteiger partial charge on any atom is 0.164 e. The Labute approximate surface area is 294 Å². The molecule has 0 spiro atoms. The van der Waals surface area contributed by atoms with Crippen molar-refractivity contribution in [3.63, 3.8) is 0 Å². The van der Waals surface area contributed by atoms with Crippen molar-refractivity contribution in [2.75, 3.05) is 0 Å². The van der Waals surface area contributed by atoms with E-state index in [1.807, 2.05) is 48.5 Å². The lowest BCUT2D eigenvalue weighted by Crippen LogP contribution is -2.00. The molecular formula is C47H29N3O. The Morgan fingerprint density at radius 3 is 1.61 bits per heavy atom. The number of aromatic nitrogens is 3. The molecule has 238 valence electrons. The second-order valence-electron chi connectivity index (χ2n) is 12.8. The zero-order valence-electron chi connectivity index (χ0n) is 27.5. The molecule has 4 heteroatoms. The van der Waals surface area contributed by atoms with Crippen LogP contribution in [-0.2, 0) is 0 Å². The molecule has 0 N–H and O–H groups in total. The first-order valence-corrected chi connectivity index (χ1v) is 17.1. The van der Waals surface area contributed by atoms with Gasteiger partial charge in [-0.15, -0.1) is 0 Å². The first kappa shape index (κ1) is 29.0. The Balaban J connectivity index is 1.12. The zero-order chi connectivity index (χ0) is 33.7. The Morgan fingerprint density at radius 2 is 0.863 bits per heavy atom. The predicted octanol–water partition coefficient (Wildman–Crippen LogP) is 12.4. The third kappa shape index (κ3) is 5.13. The lowest BCUT2D eigenvalue weighted by atomic mass is 9.98. The number of fused-ring (bicyclic) bond motifs is 5. The summed E-state index contributed by atoms with van der Waals surface area (Å²) in [6, 6.07) is 61.1. The Hall–Kier alpha value is -6.91. The fourth-order valence-corrected chi connectivity index (χ4v) is 7.15. The van der Waals surface area contributed by atoms with Gasteiger partial charge >= 0.3 is 0 Å². The molecule has 4 nitrogen and oxygen atoms in total. The number of nitrogens with zero attached hydrogens (tertiary/aromatic N) is 3. The van der Waals surface area contributed by atoms with Crippen LogP contribution in [0.1, 0.15) is 0 Å². The molecule has 0 bridgehead atoms. The van der Waals surface area contributed by atoms with Crippen LogP contribution in [0.4, 0.5) is 0 Å². The molecule has 2 heterocycles. The molecule has 0 saturated carbocycles. The van der Waals surface area contributed by atoms with Crippen LogP contribution < -0.4 is 0 Å². The van der Waals surface area contributed by atoms with E-state index in [1.54, 1.807) is 0 Å². The zero-order valence-corrected chi connectivity index (χ0v) is 27.5. The molecule has 51 heavy (non-hydrogen) atoms. The van der Waals surface area contributed by atoms with Gasteiger partial charge in [-0.25, -0.2) is 15.0 Å². The molecule has 10 rings (SSSR count). The lowest BCUT2D eigenvalue weighted by molar-refractivity contribution is 0.670. The first-order chi connectivity index (χ1) is 25.2. The maximum absolute atomic E-state index is 6.57. The third-order valence-electron chi connectivity index (χ3n) is 9.70. The van der Waals surface area contributed by atoms with Crippen LogP contribution in [0.5, 0.6) is 0 Å². The summed E-state index contributed by atoms with van der Waals surface area (Å²) in [4.78, 5) is 15.3. The topological polar surface area (TPSA) is 51.8 Å². The summed E-state index contributed by atoms with van der Waals surface area (Å²) < 4.78 is 6.57. The third-order valence-corrected chi connectivity index (χ3v) is 9.70. The summed E-state index contributed by atoms with van der Waals surface area (Å²) in [5, 5.41) is 6.77. The van der Waals surface area contributed by atoms with E-state index in [2.05, 4.69) is 127 Å². The van der Waals surface area contributed by atoms with Crippen molar-refractivity contribution in [3.05, 3.63) is 176 Å². The van der Waals surface area contributed by atoms with Gasteiger partial charge in [0.25, 0.3) is 0 Å². The quantitative estimate of drug-likeness (QED) is 0.186. The van der Waals surface area contributed by atoms with Crippen LogP contribution in [-0.4, -0.2) is 15.0 Å². The van der Waals surface area contributed by atoms with Crippen LogP contribution >= 0.6 is 0 Å². The van der Waals surface area contributed by atoms with Gasteiger partial charge in [0.2, 0.25) is 0 Å². The van der Waals surface area contributed by atoms with E-state index >= 15 is 0 Å². The van der Waals surface area contributed by atoms with Gasteiger partial charge in [-0.2, -0.15) is 0 Å². The fraction of sp³-hybridized carbons (Fsp3) is 0. The number of para-hydroxylation sites is 1. The second-order valence-corrected chi connectivity index (χ2v) is 12.8. The maximum atomic E-state index is 6.57. The van der Waals surface area contributed by atoms with Crippen molar-refractivity contribution in [1.29, 1.82) is 0 Å². The molecule has 0 unspecified atom stereocenters. The lowest BCUT2D eigenvalue weighted by Gasteiger charge is -2.10. The van der Waals surface area contributed by atoms with Gasteiger partial charge in [-0.05, 0) is 62.5 Å². The highest BCUT2D eigenvalue weighted by Crippen LogP contribution is 2.40. The fourth-order valence-electron chi connectivity index (χ4n) is 7.15. The van der Waals surface area contributed by atoms with Gasteiger partial charge in [-0.3, -0.25) is 0 Å². The normalized spacial score (nSPS) is 11.5. The van der Waals surface area contributed by atoms with E-state index in [0.717, 1.165) is 60.5 Å². The van der Waals surface area contributed by atoms with Crippen LogP contribution in [0.15, 0.2) is 180 Å². The van der Waals surface area contributed by atoms with Crippen LogP contribution in [0.3, 0.4) is 0 Å². The highest BCUT2D eigenvalue weighted by molar-refractivity contribution is 6.15. The first-order valence-electron chi connectivity index (χ1n) is 17.1. The van der Waals surface area contributed by atoms with Crippen molar-refractivity contribution in [2.24, 2.45) is 0 Å². The summed E-state index contributed by atoms with van der Waals surface area (Å²) in [7, 11) is 0. The molecule has 8 aromatic carbocycles. The number of benzene rings is 8. The number of hydrogen-bond acceptors (Lipinski definition) is 4. The summed E-state index contributed by atoms with van der Waals surface area (Å²) >= 11 is 0. The van der Waals surface area contributed by atoms with Crippen molar-refractivity contribution in [2.45, 2.75) is 0 Å². The predicted molar refractivity (Wildman–Crippen MR) is 209 cm³/mol. The average Bonchev–Trinajstić information content (AvgIpc) is 3.60. The van der Waals surface area contributed by atoms with E-state index in [0.29, 0.717) is 17.5 Å². The number of rotatable bonds is 5. The molecule has 0 aliphatic carbocycles. The summed E-state index contributed by atoms with van der Waals surface area (Å²) in [6.45, 7) is 0. The van der Waals surface area contributed by atoms with Crippen LogP contribution in [0, 0.1) is 0 Å². The van der Waals surface area contributed by atoms with E-state index in [9.17, 15) is 0 Å². The molecule has 0 aliphatic heterocycles. The van der Waals surface area contributed by atoms with E-state index in [-0.39, 0.29) is 0 Å². The highest BCUT2D eigenvalue weighted by Gasteiger charge is 2.19. The molecule has 2 aromatic heterocycles. The van der Waals surface area contributed by atoms with Crippen molar-refractivity contribution >= 4 is 43.5 Å². The number of hydrogen-bond donors (Lipinski definition) is 0. The van der Waals surface area contributed by atoms with E-state index in [4.69, 9.17) is 19.4 Å². The monoisotopic (exact) mass is 651 g/mol. The average molecular weight is 652 g/mol. The van der Waals surface area contributed by atoms with Gasteiger partial charge in [0.1, 0.15) is 11.2 Å². The van der Waals surface area contributed by atoms with Crippen molar-refractivity contribution < 1.29 is 4.42 Å². The second kappa shape index (κ2) is 11.9. The standard InChI is InChI=1S/C47H29N3O/c1-3-12-31(13-4-1)39-17-9-18-40-43-41(19-10-20-42(43)51-44(39)40)47-49-45(32-14-5-2-6-15-32)48-46(50-47)38-26-25-36-28-35(23-24-37(36)29-38)34-22-21-30-11-7-8-16-33(30)27-34/h1-29H. The molecule has 0 aliphatic rings. The van der Waals surface area contributed by atoms with E-state index < -0.39 is 0 Å². The Kier molecular flexibility index (Phi) is 6.78. The largest absolute Gasteiger partial charge is 0.455 e. The molecule has 0 fully saturated rings. The van der Waals surface area contributed by atoms with E-state index in [1.165, 1.54) is 21.9 Å². The molecule has 0 amide bonds. The minimum atomic E-state index is 0.601. The molecular weight excluding hydrogens is 623 g/mol. The SMILES string of the molecule is c1ccc(-c2nc(-c3ccc4cc(-c5ccc6ccccc6c5)ccc4c3)nc(-c3cccc4oc5c(-c6ccccc6)cccc5c34)n2)cc1. The summed E-state index contributed by atoms with van der Waals surface area (Å²) in [5.41, 5.74) is 8.95. The molecule has 0 saturated heterocycles. The van der Waals surface area contributed by atoms with Crippen molar-refractivity contribution in [3.8, 4) is 56.4 Å². The van der Waals surface area contributed by atoms with Crippen molar-refractivity contribution in [1.82, 2.24) is 15.0 Å². The smallest absolute Gasteiger partial charge is 0.164 e. The van der Waals surface area contributed by atoms with Gasteiger partial charge < -0.3 is 4.42 Å². The Morgan fingerprint density at radius 1 is 0.333 bits per heavy atom. The van der Waals surface area contributed by atoms with Gasteiger partial charge in [0.15, 0.2) is 17.5 Å². The summed E-state index contributed by atoms with van der Waals surface area (Å²) in [6.07, 6.45) is 0. The van der Waals surface area contributed by atoms with Gasteiger partial charge in [-0.1, -0.05) is 152 Å². The van der Waals surface area contributed by atoms with Gasteiger partial charge in [0.05, 0.1) is 0 Å². The van der Waals surface area contributed by atoms with Crippen LogP contribution in [0.2, 0.25) is 0 Å². The van der Waals surface area contributed by atoms with Gasteiger partial charge in [0, 0.05) is 33.0 Å². The highest BCUT2D eigenvalue weighted by atomic mass is 16.3. The number of furan rings is 1. The minimum Gasteiger partial charge on any atom is -0.455 e. The molecule has 0 atom stereocenters. The molecule has 10 aromatic rings. The molecule has 0 radical (unpaired) electrons. The minimum absolute atomic E-state index is 0.601. The Bertz CT molecular complexity index is 2910. The summed E-state index contributed by atoms with van der Waals surface area (Å²) in [5.74, 6) is 1.84. The van der Waals surface area contributed by atoms with Crippen LogP contribution in [0.25, 0.3) is 99.9 Å².